The van der Waals surface area contributed by atoms with E-state index in [2.05, 4.69) is 0 Å². The van der Waals surface area contributed by atoms with Gasteiger partial charge in [-0.1, -0.05) is 29.8 Å². The van der Waals surface area contributed by atoms with Crippen molar-refractivity contribution in [2.24, 2.45) is 11.1 Å². The monoisotopic (exact) mass is 283 g/mol. The van der Waals surface area contributed by atoms with E-state index in [0.29, 0.717) is 13.2 Å². The van der Waals surface area contributed by atoms with Gasteiger partial charge in [0.05, 0.1) is 11.9 Å². The number of nitrogens with two attached hydrogens (primary N) is 1. The number of rotatable bonds is 5. The molecule has 5 heteroatoms. The van der Waals surface area contributed by atoms with Crippen LogP contribution in [0.3, 0.4) is 0 Å². The van der Waals surface area contributed by atoms with Gasteiger partial charge in [-0.2, -0.15) is 0 Å². The minimum absolute atomic E-state index is 0.0620. The van der Waals surface area contributed by atoms with Crippen LogP contribution in [0.5, 0.6) is 0 Å². The highest BCUT2D eigenvalue weighted by molar-refractivity contribution is 7.91. The van der Waals surface area contributed by atoms with Crippen LogP contribution in [0.25, 0.3) is 0 Å². The summed E-state index contributed by atoms with van der Waals surface area (Å²) in [6.07, 6.45) is 1.28. The summed E-state index contributed by atoms with van der Waals surface area (Å²) >= 11 is 0. The van der Waals surface area contributed by atoms with Crippen LogP contribution in [0.1, 0.15) is 17.0 Å². The van der Waals surface area contributed by atoms with Crippen LogP contribution in [-0.4, -0.2) is 40.2 Å². The topological polar surface area (TPSA) is 69.4 Å². The molecule has 3 unspecified atom stereocenters. The SMILES string of the molecule is COCC1(CN)C(c2ccc(C)cc2)C1S(C)(=O)=O. The van der Waals surface area contributed by atoms with E-state index in [1.807, 2.05) is 31.2 Å². The third-order valence-corrected chi connectivity index (χ3v) is 5.73. The summed E-state index contributed by atoms with van der Waals surface area (Å²) in [5, 5.41) is -0.437. The van der Waals surface area contributed by atoms with E-state index in [-0.39, 0.29) is 5.92 Å². The van der Waals surface area contributed by atoms with Gasteiger partial charge in [0.1, 0.15) is 0 Å². The molecule has 1 fully saturated rings. The molecule has 106 valence electrons. The highest BCUT2D eigenvalue weighted by Gasteiger charge is 2.69. The Morgan fingerprint density at radius 2 is 1.89 bits per heavy atom. The molecule has 1 aliphatic carbocycles. The number of methoxy groups -OCH3 is 1. The molecule has 1 aromatic rings. The molecule has 0 spiro atoms. The number of aryl methyl sites for hydroxylation is 1. The Morgan fingerprint density at radius 3 is 2.32 bits per heavy atom. The van der Waals surface area contributed by atoms with Crippen molar-refractivity contribution in [2.75, 3.05) is 26.5 Å². The van der Waals surface area contributed by atoms with Gasteiger partial charge in [0.2, 0.25) is 0 Å². The molecule has 0 heterocycles. The first-order valence-electron chi connectivity index (χ1n) is 6.31. The molecular formula is C14H21NO3S. The molecule has 0 amide bonds. The van der Waals surface area contributed by atoms with Crippen molar-refractivity contribution in [3.63, 3.8) is 0 Å². The van der Waals surface area contributed by atoms with Crippen molar-refractivity contribution in [1.82, 2.24) is 0 Å². The summed E-state index contributed by atoms with van der Waals surface area (Å²) in [6, 6.07) is 7.98. The molecule has 1 saturated carbocycles. The molecule has 1 aliphatic rings. The molecule has 0 bridgehead atoms. The lowest BCUT2D eigenvalue weighted by molar-refractivity contribution is 0.142. The van der Waals surface area contributed by atoms with Crippen molar-refractivity contribution in [1.29, 1.82) is 0 Å². The van der Waals surface area contributed by atoms with E-state index in [4.69, 9.17) is 10.5 Å². The second kappa shape index (κ2) is 4.89. The molecule has 0 aliphatic heterocycles. The first-order chi connectivity index (χ1) is 8.86. The number of hydrogen-bond donors (Lipinski definition) is 1. The minimum atomic E-state index is -3.14. The average molecular weight is 283 g/mol. The van der Waals surface area contributed by atoms with Crippen molar-refractivity contribution >= 4 is 9.84 Å². The van der Waals surface area contributed by atoms with Gasteiger partial charge in [-0.15, -0.1) is 0 Å². The van der Waals surface area contributed by atoms with Crippen molar-refractivity contribution in [3.05, 3.63) is 35.4 Å². The fourth-order valence-electron chi connectivity index (χ4n) is 3.15. The van der Waals surface area contributed by atoms with E-state index in [0.717, 1.165) is 11.1 Å². The van der Waals surface area contributed by atoms with E-state index < -0.39 is 20.5 Å². The Kier molecular flexibility index (Phi) is 3.73. The van der Waals surface area contributed by atoms with Gasteiger partial charge in [-0.3, -0.25) is 0 Å². The first kappa shape index (κ1) is 14.5. The van der Waals surface area contributed by atoms with Gasteiger partial charge < -0.3 is 10.5 Å². The highest BCUT2D eigenvalue weighted by Crippen LogP contribution is 2.62. The van der Waals surface area contributed by atoms with Crippen LogP contribution < -0.4 is 5.73 Å². The molecule has 1 aromatic carbocycles. The normalized spacial score (nSPS) is 30.3. The van der Waals surface area contributed by atoms with Gasteiger partial charge >= 0.3 is 0 Å². The van der Waals surface area contributed by atoms with Crippen molar-refractivity contribution in [3.8, 4) is 0 Å². The summed E-state index contributed by atoms with van der Waals surface area (Å²) < 4.78 is 29.2. The molecule has 4 nitrogen and oxygen atoms in total. The van der Waals surface area contributed by atoms with Crippen molar-refractivity contribution < 1.29 is 13.2 Å². The lowest BCUT2D eigenvalue weighted by Gasteiger charge is -2.14. The van der Waals surface area contributed by atoms with E-state index in [1.54, 1.807) is 7.11 Å². The quantitative estimate of drug-likeness (QED) is 0.878. The van der Waals surface area contributed by atoms with E-state index in [9.17, 15) is 8.42 Å². The Labute approximate surface area is 114 Å². The van der Waals surface area contributed by atoms with Crippen LogP contribution in [-0.2, 0) is 14.6 Å². The number of hydrogen-bond acceptors (Lipinski definition) is 4. The van der Waals surface area contributed by atoms with Crippen LogP contribution in [0.4, 0.5) is 0 Å². The number of sulfone groups is 1. The molecule has 0 radical (unpaired) electrons. The van der Waals surface area contributed by atoms with Gasteiger partial charge in [-0.05, 0) is 12.5 Å². The second-order valence-electron chi connectivity index (χ2n) is 5.51. The fourth-order valence-corrected chi connectivity index (χ4v) is 5.16. The zero-order valence-corrected chi connectivity index (χ0v) is 12.4. The van der Waals surface area contributed by atoms with Gasteiger partial charge in [0, 0.05) is 31.2 Å². The predicted molar refractivity (Wildman–Crippen MR) is 75.9 cm³/mol. The Hall–Kier alpha value is -0.910. The molecule has 0 aromatic heterocycles. The average Bonchev–Trinajstić information content (AvgIpc) is 3.00. The zero-order chi connectivity index (χ0) is 14.3. The minimum Gasteiger partial charge on any atom is -0.384 e. The third kappa shape index (κ3) is 2.42. The summed E-state index contributed by atoms with van der Waals surface area (Å²) in [5.41, 5.74) is 7.57. The van der Waals surface area contributed by atoms with Crippen LogP contribution in [0.15, 0.2) is 24.3 Å². The predicted octanol–water partition coefficient (Wildman–Crippen LogP) is 1.10. The zero-order valence-electron chi connectivity index (χ0n) is 11.6. The van der Waals surface area contributed by atoms with Crippen LogP contribution in [0.2, 0.25) is 0 Å². The molecule has 2 N–H and O–H groups in total. The molecular weight excluding hydrogens is 262 g/mol. The first-order valence-corrected chi connectivity index (χ1v) is 8.26. The summed E-state index contributed by atoms with van der Waals surface area (Å²) in [6.45, 7) is 2.70. The second-order valence-corrected chi connectivity index (χ2v) is 7.68. The highest BCUT2D eigenvalue weighted by atomic mass is 32.2. The summed E-state index contributed by atoms with van der Waals surface area (Å²) in [4.78, 5) is 0. The Morgan fingerprint density at radius 1 is 1.32 bits per heavy atom. The standard InChI is InChI=1S/C14H21NO3S/c1-10-4-6-11(7-5-10)12-13(19(3,16)17)14(12,8-15)9-18-2/h4-7,12-13H,8-9,15H2,1-3H3. The largest absolute Gasteiger partial charge is 0.384 e. The smallest absolute Gasteiger partial charge is 0.151 e. The third-order valence-electron chi connectivity index (χ3n) is 4.07. The Balaban J connectivity index is 2.40. The lowest BCUT2D eigenvalue weighted by atomic mass is 9.99. The molecule has 2 rings (SSSR count). The van der Waals surface area contributed by atoms with Gasteiger partial charge in [0.15, 0.2) is 9.84 Å². The van der Waals surface area contributed by atoms with Gasteiger partial charge in [0.25, 0.3) is 0 Å². The summed E-state index contributed by atoms with van der Waals surface area (Å²) in [5.74, 6) is -0.0620. The van der Waals surface area contributed by atoms with E-state index in [1.165, 1.54) is 6.26 Å². The summed E-state index contributed by atoms with van der Waals surface area (Å²) in [7, 11) is -1.55. The lowest BCUT2D eigenvalue weighted by Crippen LogP contribution is -2.28. The van der Waals surface area contributed by atoms with Crippen LogP contribution in [0, 0.1) is 12.3 Å². The molecule has 0 saturated heterocycles. The maximum atomic E-state index is 12.0. The maximum absolute atomic E-state index is 12.0. The number of benzene rings is 1. The maximum Gasteiger partial charge on any atom is 0.151 e. The number of ether oxygens (including phenoxy) is 1. The molecule has 19 heavy (non-hydrogen) atoms. The van der Waals surface area contributed by atoms with Gasteiger partial charge in [-0.25, -0.2) is 8.42 Å². The van der Waals surface area contributed by atoms with Crippen LogP contribution >= 0.6 is 0 Å². The van der Waals surface area contributed by atoms with E-state index >= 15 is 0 Å². The van der Waals surface area contributed by atoms with Crippen molar-refractivity contribution in [2.45, 2.75) is 18.1 Å². The fraction of sp³-hybridized carbons (Fsp3) is 0.571. The molecule has 3 atom stereocenters. The Bertz CT molecular complexity index is 553.